The lowest BCUT2D eigenvalue weighted by atomic mass is 9.70. The van der Waals surface area contributed by atoms with Crippen molar-refractivity contribution < 1.29 is 31.7 Å². The third-order valence-electron chi connectivity index (χ3n) is 5.86. The van der Waals surface area contributed by atoms with Gasteiger partial charge in [-0.2, -0.15) is 8.42 Å². The lowest BCUT2D eigenvalue weighted by Gasteiger charge is -2.35. The van der Waals surface area contributed by atoms with Crippen LogP contribution in [0.25, 0.3) is 0 Å². The van der Waals surface area contributed by atoms with E-state index in [9.17, 15) is 22.4 Å². The van der Waals surface area contributed by atoms with Gasteiger partial charge in [0.2, 0.25) is 0 Å². The molecule has 9 heteroatoms. The number of fused-ring (bicyclic) bond motifs is 2. The Hall–Kier alpha value is -1.06. The first-order chi connectivity index (χ1) is 12.1. The molecule has 3 N–H and O–H groups in total. The average molecular weight is 410 g/mol. The van der Waals surface area contributed by atoms with Gasteiger partial charge >= 0.3 is 5.97 Å². The van der Waals surface area contributed by atoms with E-state index >= 15 is 0 Å². The molecule has 3 atom stereocenters. The number of alkyl halides is 1. The highest BCUT2D eigenvalue weighted by molar-refractivity contribution is 7.85. The number of hydrogen-bond donors (Lipinski definition) is 2. The summed E-state index contributed by atoms with van der Waals surface area (Å²) in [6.07, 6.45) is 1.96. The number of carbonyl (C=O) groups excluding carboxylic acids is 2. The number of rotatable bonds is 6. The zero-order valence-corrected chi connectivity index (χ0v) is 17.6. The SMILES string of the molecule is CC1(C)[C@@H]2CC[C@@]1(CS(=O)(=O)O)C(=O)C2.CCOC(=O)[C@@H](N)CC(C)(C)F. The second-order valence-corrected chi connectivity index (χ2v) is 10.1. The van der Waals surface area contributed by atoms with Crippen molar-refractivity contribution in [1.82, 2.24) is 0 Å². The van der Waals surface area contributed by atoms with E-state index in [4.69, 9.17) is 10.3 Å². The van der Waals surface area contributed by atoms with E-state index in [1.54, 1.807) is 6.92 Å². The van der Waals surface area contributed by atoms with E-state index < -0.39 is 39.0 Å². The Balaban J connectivity index is 0.000000279. The van der Waals surface area contributed by atoms with Crippen molar-refractivity contribution in [3.05, 3.63) is 0 Å². The average Bonchev–Trinajstić information content (AvgIpc) is 2.78. The summed E-state index contributed by atoms with van der Waals surface area (Å²) in [5, 5.41) is 0. The molecule has 0 spiro atoms. The minimum Gasteiger partial charge on any atom is -0.465 e. The number of ether oxygens (including phenoxy) is 1. The van der Waals surface area contributed by atoms with Crippen molar-refractivity contribution in [1.29, 1.82) is 0 Å². The van der Waals surface area contributed by atoms with Crippen molar-refractivity contribution in [3.8, 4) is 0 Å². The van der Waals surface area contributed by atoms with Crippen LogP contribution in [-0.2, 0) is 24.4 Å². The van der Waals surface area contributed by atoms with Gasteiger partial charge in [0.1, 0.15) is 17.5 Å². The van der Waals surface area contributed by atoms with Gasteiger partial charge < -0.3 is 10.5 Å². The molecule has 2 fully saturated rings. The second-order valence-electron chi connectivity index (χ2n) is 8.67. The highest BCUT2D eigenvalue weighted by atomic mass is 32.2. The van der Waals surface area contributed by atoms with Crippen LogP contribution in [-0.4, -0.2) is 48.8 Å². The van der Waals surface area contributed by atoms with Crippen LogP contribution < -0.4 is 5.73 Å². The second kappa shape index (κ2) is 8.13. The summed E-state index contributed by atoms with van der Waals surface area (Å²) in [6.45, 7) is 8.62. The minimum absolute atomic E-state index is 0.00810. The van der Waals surface area contributed by atoms with Gasteiger partial charge in [-0.15, -0.1) is 0 Å². The Labute approximate surface area is 161 Å². The highest BCUT2D eigenvalue weighted by Crippen LogP contribution is 2.64. The Bertz CT molecular complexity index is 670. The van der Waals surface area contributed by atoms with Crippen molar-refractivity contribution in [3.63, 3.8) is 0 Å². The van der Waals surface area contributed by atoms with E-state index in [1.807, 2.05) is 13.8 Å². The van der Waals surface area contributed by atoms with Gasteiger partial charge in [0, 0.05) is 12.8 Å². The Morgan fingerprint density at radius 2 is 2.00 bits per heavy atom. The van der Waals surface area contributed by atoms with Crippen molar-refractivity contribution >= 4 is 21.9 Å². The van der Waals surface area contributed by atoms with Gasteiger partial charge in [0.25, 0.3) is 10.1 Å². The molecule has 2 aliphatic rings. The van der Waals surface area contributed by atoms with Gasteiger partial charge in [0.05, 0.1) is 17.8 Å². The van der Waals surface area contributed by atoms with E-state index in [0.717, 1.165) is 6.42 Å². The summed E-state index contributed by atoms with van der Waals surface area (Å²) in [4.78, 5) is 22.8. The number of Topliss-reactive ketones (excluding diaryl/α,β-unsaturated/α-hetero) is 1. The molecule has 0 aliphatic heterocycles. The largest absolute Gasteiger partial charge is 0.465 e. The molecule has 0 aromatic carbocycles. The predicted octanol–water partition coefficient (Wildman–Crippen LogP) is 2.28. The maximum Gasteiger partial charge on any atom is 0.323 e. The maximum atomic E-state index is 13.0. The van der Waals surface area contributed by atoms with E-state index in [1.165, 1.54) is 13.8 Å². The van der Waals surface area contributed by atoms with E-state index in [2.05, 4.69) is 4.74 Å². The molecule has 2 bridgehead atoms. The molecular formula is C18H32FNO6S. The first-order valence-corrected chi connectivity index (χ1v) is 10.8. The van der Waals surface area contributed by atoms with Gasteiger partial charge in [-0.25, -0.2) is 4.39 Å². The summed E-state index contributed by atoms with van der Waals surface area (Å²) >= 11 is 0. The molecule has 0 aromatic heterocycles. The quantitative estimate of drug-likeness (QED) is 0.509. The molecule has 0 amide bonds. The minimum atomic E-state index is -4.08. The topological polar surface area (TPSA) is 124 Å². The highest BCUT2D eigenvalue weighted by Gasteiger charge is 2.65. The fourth-order valence-electron chi connectivity index (χ4n) is 4.28. The summed E-state index contributed by atoms with van der Waals surface area (Å²) in [5.41, 5.74) is 2.83. The zero-order chi connectivity index (χ0) is 21.3. The number of hydrogen-bond acceptors (Lipinski definition) is 6. The van der Waals surface area contributed by atoms with Crippen LogP contribution >= 0.6 is 0 Å². The fraction of sp³-hybridized carbons (Fsp3) is 0.889. The van der Waals surface area contributed by atoms with Gasteiger partial charge in [-0.05, 0) is 44.9 Å². The summed E-state index contributed by atoms with van der Waals surface area (Å²) in [6, 6.07) is -0.857. The molecule has 0 radical (unpaired) electrons. The molecule has 27 heavy (non-hydrogen) atoms. The van der Waals surface area contributed by atoms with Crippen LogP contribution in [0.3, 0.4) is 0 Å². The van der Waals surface area contributed by atoms with Crippen LogP contribution in [0.1, 0.15) is 60.3 Å². The zero-order valence-electron chi connectivity index (χ0n) is 16.7. The molecule has 0 aromatic rings. The third-order valence-corrected chi connectivity index (χ3v) is 6.72. The third kappa shape index (κ3) is 5.71. The van der Waals surface area contributed by atoms with Gasteiger partial charge in [-0.1, -0.05) is 13.8 Å². The maximum absolute atomic E-state index is 13.0. The van der Waals surface area contributed by atoms with Crippen LogP contribution in [0.5, 0.6) is 0 Å². The lowest BCUT2D eigenvalue weighted by molar-refractivity contribution is -0.145. The summed E-state index contributed by atoms with van der Waals surface area (Å²) < 4.78 is 48.5. The summed E-state index contributed by atoms with van der Waals surface area (Å²) in [5.74, 6) is -0.640. The molecule has 2 saturated carbocycles. The monoisotopic (exact) mass is 409 g/mol. The Kier molecular flexibility index (Phi) is 7.22. The fourth-order valence-corrected chi connectivity index (χ4v) is 5.58. The van der Waals surface area contributed by atoms with E-state index in [-0.39, 0.29) is 30.1 Å². The standard InChI is InChI=1S/C10H16O4S.C8H16FNO2/c1-9(2)7-3-4-10(9,8(11)5-7)6-15(12,13)14;1-4-12-7(11)6(10)5-8(2,3)9/h7H,3-6H2,1-2H3,(H,12,13,14);6H,4-5,10H2,1-3H3/t7-,10-;6-/m10/s1. The molecular weight excluding hydrogens is 377 g/mol. The van der Waals surface area contributed by atoms with Crippen molar-refractivity contribution in [2.24, 2.45) is 22.5 Å². The molecule has 0 heterocycles. The normalized spacial score (nSPS) is 27.7. The number of nitrogens with two attached hydrogens (primary N) is 1. The first-order valence-electron chi connectivity index (χ1n) is 9.15. The number of esters is 1. The van der Waals surface area contributed by atoms with Crippen LogP contribution in [0, 0.1) is 16.7 Å². The summed E-state index contributed by atoms with van der Waals surface area (Å²) in [7, 11) is -4.08. The van der Waals surface area contributed by atoms with Gasteiger partial charge in [-0.3, -0.25) is 14.1 Å². The van der Waals surface area contributed by atoms with Gasteiger partial charge in [0.15, 0.2) is 0 Å². The van der Waals surface area contributed by atoms with E-state index in [0.29, 0.717) is 12.8 Å². The Morgan fingerprint density at radius 1 is 1.44 bits per heavy atom. The first kappa shape index (κ1) is 24.0. The van der Waals surface area contributed by atoms with Crippen LogP contribution in [0.4, 0.5) is 4.39 Å². The Morgan fingerprint density at radius 3 is 2.33 bits per heavy atom. The van der Waals surface area contributed by atoms with Crippen LogP contribution in [0.2, 0.25) is 0 Å². The number of halogens is 1. The molecule has 158 valence electrons. The predicted molar refractivity (Wildman–Crippen MR) is 99.4 cm³/mol. The van der Waals surface area contributed by atoms with Crippen LogP contribution in [0.15, 0.2) is 0 Å². The van der Waals surface area contributed by atoms with Crippen molar-refractivity contribution in [2.75, 3.05) is 12.4 Å². The molecule has 2 rings (SSSR count). The molecule has 2 aliphatic carbocycles. The molecule has 0 unspecified atom stereocenters. The molecule has 7 nitrogen and oxygen atoms in total. The number of carbonyl (C=O) groups is 2. The smallest absolute Gasteiger partial charge is 0.323 e. The number of ketones is 1. The molecule has 0 saturated heterocycles. The lowest BCUT2D eigenvalue weighted by Crippen LogP contribution is -2.42. The van der Waals surface area contributed by atoms with Crippen molar-refractivity contribution in [2.45, 2.75) is 72.0 Å².